The van der Waals surface area contributed by atoms with Crippen LogP contribution in [0.1, 0.15) is 28.3 Å². The summed E-state index contributed by atoms with van der Waals surface area (Å²) in [5.74, 6) is 0.621. The summed E-state index contributed by atoms with van der Waals surface area (Å²) in [5.41, 5.74) is 10.7. The van der Waals surface area contributed by atoms with Crippen LogP contribution in [0.3, 0.4) is 0 Å². The number of pyridine rings is 1. The molecule has 0 unspecified atom stereocenters. The zero-order chi connectivity index (χ0) is 16.1. The lowest BCUT2D eigenvalue weighted by atomic mass is 9.98. The smallest absolute Gasteiger partial charge is 0.213 e. The minimum atomic E-state index is -0.174. The van der Waals surface area contributed by atoms with Crippen molar-refractivity contribution >= 4 is 0 Å². The summed E-state index contributed by atoms with van der Waals surface area (Å²) in [6, 6.07) is 21.9. The van der Waals surface area contributed by atoms with Crippen LogP contribution >= 0.6 is 0 Å². The fraction of sp³-hybridized carbons (Fsp3) is 0.150. The molecule has 1 aromatic heterocycles. The topological polar surface area (TPSA) is 48.1 Å². The van der Waals surface area contributed by atoms with Gasteiger partial charge in [0.05, 0.1) is 6.04 Å². The van der Waals surface area contributed by atoms with Crippen LogP contribution in [-0.2, 0) is 6.61 Å². The molecule has 0 spiro atoms. The first-order chi connectivity index (χ1) is 11.2. The monoisotopic (exact) mass is 304 g/mol. The summed E-state index contributed by atoms with van der Waals surface area (Å²) in [7, 11) is 0. The predicted octanol–water partition coefficient (Wildman–Crippen LogP) is 4.02. The van der Waals surface area contributed by atoms with E-state index in [0.29, 0.717) is 12.5 Å². The first-order valence-electron chi connectivity index (χ1n) is 7.68. The number of ether oxygens (including phenoxy) is 1. The second kappa shape index (κ2) is 7.07. The van der Waals surface area contributed by atoms with Gasteiger partial charge in [-0.3, -0.25) is 0 Å². The summed E-state index contributed by atoms with van der Waals surface area (Å²) >= 11 is 0. The fourth-order valence-corrected chi connectivity index (χ4v) is 2.52. The Bertz CT molecular complexity index is 757. The van der Waals surface area contributed by atoms with Crippen molar-refractivity contribution in [2.24, 2.45) is 5.73 Å². The molecule has 2 aromatic carbocycles. The number of benzene rings is 2. The Hall–Kier alpha value is -2.65. The average Bonchev–Trinajstić information content (AvgIpc) is 2.61. The average molecular weight is 304 g/mol. The van der Waals surface area contributed by atoms with E-state index in [2.05, 4.69) is 4.98 Å². The van der Waals surface area contributed by atoms with Crippen molar-refractivity contribution in [2.75, 3.05) is 0 Å². The third-order valence-electron chi connectivity index (χ3n) is 3.85. The molecule has 0 fully saturated rings. The first-order valence-corrected chi connectivity index (χ1v) is 7.68. The molecule has 0 aliphatic carbocycles. The quantitative estimate of drug-likeness (QED) is 0.774. The van der Waals surface area contributed by atoms with Gasteiger partial charge >= 0.3 is 0 Å². The van der Waals surface area contributed by atoms with E-state index in [1.807, 2.05) is 79.9 Å². The van der Waals surface area contributed by atoms with Gasteiger partial charge in [0.2, 0.25) is 5.88 Å². The maximum atomic E-state index is 6.35. The van der Waals surface area contributed by atoms with Gasteiger partial charge in [-0.15, -0.1) is 0 Å². The molecule has 23 heavy (non-hydrogen) atoms. The Morgan fingerprint density at radius 3 is 2.30 bits per heavy atom. The first kappa shape index (κ1) is 15.3. The molecule has 0 bridgehead atoms. The number of nitrogens with two attached hydrogens (primary N) is 1. The molecule has 3 nitrogen and oxygen atoms in total. The van der Waals surface area contributed by atoms with Crippen molar-refractivity contribution < 1.29 is 4.74 Å². The Kier molecular flexibility index (Phi) is 4.69. The summed E-state index contributed by atoms with van der Waals surface area (Å²) in [6.07, 6.45) is 1.81. The summed E-state index contributed by atoms with van der Waals surface area (Å²) in [5, 5.41) is 0. The van der Waals surface area contributed by atoms with Crippen molar-refractivity contribution in [3.63, 3.8) is 0 Å². The van der Waals surface area contributed by atoms with Gasteiger partial charge in [-0.1, -0.05) is 60.7 Å². The van der Waals surface area contributed by atoms with Gasteiger partial charge in [0.1, 0.15) is 6.61 Å². The number of aryl methyl sites for hydroxylation is 1. The van der Waals surface area contributed by atoms with E-state index in [9.17, 15) is 0 Å². The molecular formula is C20H20N2O. The van der Waals surface area contributed by atoms with Crippen LogP contribution in [0.4, 0.5) is 0 Å². The summed E-state index contributed by atoms with van der Waals surface area (Å²) in [4.78, 5) is 4.40. The van der Waals surface area contributed by atoms with Crippen LogP contribution in [-0.4, -0.2) is 4.98 Å². The van der Waals surface area contributed by atoms with Gasteiger partial charge < -0.3 is 10.5 Å². The number of aromatic nitrogens is 1. The molecule has 1 atom stereocenters. The van der Waals surface area contributed by atoms with E-state index in [1.165, 1.54) is 0 Å². The summed E-state index contributed by atoms with van der Waals surface area (Å²) in [6.45, 7) is 2.55. The molecule has 3 aromatic rings. The van der Waals surface area contributed by atoms with Crippen LogP contribution in [0.5, 0.6) is 5.88 Å². The minimum absolute atomic E-state index is 0.174. The van der Waals surface area contributed by atoms with Crippen molar-refractivity contribution in [3.05, 3.63) is 95.2 Å². The Morgan fingerprint density at radius 1 is 1.00 bits per heavy atom. The zero-order valence-electron chi connectivity index (χ0n) is 13.1. The van der Waals surface area contributed by atoms with E-state index >= 15 is 0 Å². The second-order valence-electron chi connectivity index (χ2n) is 5.54. The highest BCUT2D eigenvalue weighted by atomic mass is 16.5. The lowest BCUT2D eigenvalue weighted by molar-refractivity contribution is 0.293. The van der Waals surface area contributed by atoms with Gasteiger partial charge in [-0.05, 0) is 29.2 Å². The van der Waals surface area contributed by atoms with Crippen molar-refractivity contribution in [3.8, 4) is 5.88 Å². The highest BCUT2D eigenvalue weighted by Crippen LogP contribution is 2.24. The summed E-state index contributed by atoms with van der Waals surface area (Å²) < 4.78 is 5.76. The van der Waals surface area contributed by atoms with Crippen LogP contribution in [0.15, 0.2) is 72.9 Å². The van der Waals surface area contributed by atoms with Crippen molar-refractivity contribution in [1.29, 1.82) is 0 Å². The lowest BCUT2D eigenvalue weighted by Crippen LogP contribution is -2.13. The molecule has 0 saturated carbocycles. The molecule has 0 radical (unpaired) electrons. The predicted molar refractivity (Wildman–Crippen MR) is 92.2 cm³/mol. The number of hydrogen-bond donors (Lipinski definition) is 1. The zero-order valence-corrected chi connectivity index (χ0v) is 13.1. The fourth-order valence-electron chi connectivity index (χ4n) is 2.52. The third-order valence-corrected chi connectivity index (χ3v) is 3.85. The maximum absolute atomic E-state index is 6.35. The van der Waals surface area contributed by atoms with Crippen LogP contribution < -0.4 is 10.5 Å². The molecular weight excluding hydrogens is 284 g/mol. The Labute approximate surface area is 136 Å². The lowest BCUT2D eigenvalue weighted by Gasteiger charge is -2.15. The largest absolute Gasteiger partial charge is 0.473 e. The number of rotatable bonds is 5. The normalized spacial score (nSPS) is 11.9. The van der Waals surface area contributed by atoms with Gasteiger partial charge in [0, 0.05) is 12.3 Å². The standard InChI is InChI=1S/C20H20N2O/c1-15-12-19(23-14-16-8-4-2-5-9-16)22-13-18(15)20(21)17-10-6-3-7-11-17/h2-13,20H,14,21H2,1H3/t20-/m0/s1. The van der Waals surface area contributed by atoms with E-state index in [1.54, 1.807) is 0 Å². The van der Waals surface area contributed by atoms with Crippen LogP contribution in [0.25, 0.3) is 0 Å². The molecule has 2 N–H and O–H groups in total. The number of nitrogens with zero attached hydrogens (tertiary/aromatic N) is 1. The molecule has 0 aliphatic heterocycles. The Balaban J connectivity index is 1.73. The van der Waals surface area contributed by atoms with Crippen molar-refractivity contribution in [1.82, 2.24) is 4.98 Å². The molecule has 1 heterocycles. The Morgan fingerprint density at radius 2 is 1.65 bits per heavy atom. The van der Waals surface area contributed by atoms with E-state index in [4.69, 9.17) is 10.5 Å². The number of hydrogen-bond acceptors (Lipinski definition) is 3. The third kappa shape index (κ3) is 3.76. The minimum Gasteiger partial charge on any atom is -0.473 e. The van der Waals surface area contributed by atoms with Gasteiger partial charge in [0.25, 0.3) is 0 Å². The van der Waals surface area contributed by atoms with Gasteiger partial charge in [-0.2, -0.15) is 0 Å². The highest BCUT2D eigenvalue weighted by Gasteiger charge is 2.12. The van der Waals surface area contributed by atoms with Gasteiger partial charge in [0.15, 0.2) is 0 Å². The SMILES string of the molecule is Cc1cc(OCc2ccccc2)ncc1[C@@H](N)c1ccccc1. The van der Waals surface area contributed by atoms with Crippen LogP contribution in [0, 0.1) is 6.92 Å². The van der Waals surface area contributed by atoms with E-state index in [0.717, 1.165) is 22.3 Å². The second-order valence-corrected chi connectivity index (χ2v) is 5.54. The van der Waals surface area contributed by atoms with Crippen molar-refractivity contribution in [2.45, 2.75) is 19.6 Å². The molecule has 116 valence electrons. The molecule has 0 aliphatic rings. The molecule has 3 rings (SSSR count). The molecule has 3 heteroatoms. The maximum Gasteiger partial charge on any atom is 0.213 e. The highest BCUT2D eigenvalue weighted by molar-refractivity contribution is 5.37. The van der Waals surface area contributed by atoms with Gasteiger partial charge in [-0.25, -0.2) is 4.98 Å². The van der Waals surface area contributed by atoms with E-state index < -0.39 is 0 Å². The van der Waals surface area contributed by atoms with Crippen LogP contribution in [0.2, 0.25) is 0 Å². The molecule has 0 amide bonds. The molecule has 0 saturated heterocycles. The van der Waals surface area contributed by atoms with E-state index in [-0.39, 0.29) is 6.04 Å².